The van der Waals surface area contributed by atoms with Crippen LogP contribution in [-0.4, -0.2) is 42.0 Å². The number of nitrogens with zero attached hydrogens (tertiary/aromatic N) is 1. The van der Waals surface area contributed by atoms with Crippen LogP contribution in [0.2, 0.25) is 0 Å². The maximum atomic E-state index is 13.0. The third-order valence-electron chi connectivity index (χ3n) is 5.25. The van der Waals surface area contributed by atoms with Gasteiger partial charge in [-0.05, 0) is 41.3 Å². The van der Waals surface area contributed by atoms with Crippen LogP contribution in [0.4, 0.5) is 4.39 Å². The highest BCUT2D eigenvalue weighted by molar-refractivity contribution is 6.09. The van der Waals surface area contributed by atoms with Crippen LogP contribution >= 0.6 is 0 Å². The van der Waals surface area contributed by atoms with Gasteiger partial charge in [0.05, 0.1) is 18.2 Å². The molecule has 1 atom stereocenters. The van der Waals surface area contributed by atoms with E-state index in [0.717, 1.165) is 5.56 Å². The Balaban J connectivity index is 1.82. The van der Waals surface area contributed by atoms with E-state index in [1.165, 1.54) is 24.1 Å². The van der Waals surface area contributed by atoms with Gasteiger partial charge in [0.2, 0.25) is 0 Å². The molecule has 0 aliphatic carbocycles. The molecule has 0 aromatic heterocycles. The Bertz CT molecular complexity index is 982. The van der Waals surface area contributed by atoms with Gasteiger partial charge in [0, 0.05) is 20.1 Å². The molecule has 0 saturated carbocycles. The summed E-state index contributed by atoms with van der Waals surface area (Å²) < 4.78 is 23.9. The highest BCUT2D eigenvalue weighted by Gasteiger charge is 2.43. The van der Waals surface area contributed by atoms with Crippen molar-refractivity contribution in [2.45, 2.75) is 32.9 Å². The lowest BCUT2D eigenvalue weighted by Gasteiger charge is -2.27. The molecule has 1 heterocycles. The average Bonchev–Trinajstić information content (AvgIpc) is 3.02. The maximum absolute atomic E-state index is 13.0. The fourth-order valence-corrected chi connectivity index (χ4v) is 3.68. The van der Waals surface area contributed by atoms with Crippen LogP contribution in [0.5, 0.6) is 5.75 Å². The second-order valence-corrected chi connectivity index (χ2v) is 8.16. The van der Waals surface area contributed by atoms with Gasteiger partial charge in [0.1, 0.15) is 18.2 Å². The standard InChI is InChI=1S/C25H28FNO5/c1-16(2)14-21(28)22-23(27(12-13-31-3)25(30)24(22)29)18-6-10-20(11-7-18)32-15-17-4-8-19(26)9-5-17/h4-11,16,23,29H,12-15H2,1-3H3. The molecule has 1 unspecified atom stereocenters. The van der Waals surface area contributed by atoms with Crippen LogP contribution < -0.4 is 4.74 Å². The SMILES string of the molecule is COCCN1C(=O)C(O)=C(C(=O)CC(C)C)C1c1ccc(OCc2ccc(F)cc2)cc1. The van der Waals surface area contributed by atoms with Gasteiger partial charge in [0.25, 0.3) is 5.91 Å². The lowest BCUT2D eigenvalue weighted by atomic mass is 9.92. The number of aliphatic hydroxyl groups excluding tert-OH is 1. The molecule has 0 bridgehead atoms. The molecule has 0 saturated heterocycles. The van der Waals surface area contributed by atoms with E-state index in [9.17, 15) is 19.1 Å². The lowest BCUT2D eigenvalue weighted by Crippen LogP contribution is -2.34. The Hall–Kier alpha value is -3.19. The molecule has 7 heteroatoms. The minimum Gasteiger partial charge on any atom is -0.503 e. The fourth-order valence-electron chi connectivity index (χ4n) is 3.68. The largest absolute Gasteiger partial charge is 0.503 e. The Morgan fingerprint density at radius 2 is 1.78 bits per heavy atom. The van der Waals surface area contributed by atoms with Gasteiger partial charge in [-0.3, -0.25) is 9.59 Å². The molecule has 2 aromatic rings. The van der Waals surface area contributed by atoms with Crippen LogP contribution in [0.3, 0.4) is 0 Å². The van der Waals surface area contributed by atoms with Crippen molar-refractivity contribution in [3.05, 3.63) is 76.8 Å². The van der Waals surface area contributed by atoms with Gasteiger partial charge in [0.15, 0.2) is 11.5 Å². The molecule has 2 aromatic carbocycles. The van der Waals surface area contributed by atoms with Gasteiger partial charge in [-0.25, -0.2) is 4.39 Å². The Morgan fingerprint density at radius 1 is 1.12 bits per heavy atom. The summed E-state index contributed by atoms with van der Waals surface area (Å²) in [6.07, 6.45) is 0.236. The lowest BCUT2D eigenvalue weighted by molar-refractivity contribution is -0.130. The number of amides is 1. The summed E-state index contributed by atoms with van der Waals surface area (Å²) in [6, 6.07) is 12.4. The van der Waals surface area contributed by atoms with Crippen LogP contribution in [0.1, 0.15) is 37.4 Å². The predicted octanol–water partition coefficient (Wildman–Crippen LogP) is 4.36. The first kappa shape index (κ1) is 23.5. The molecular formula is C25H28FNO5. The second kappa shape index (κ2) is 10.4. The number of hydrogen-bond acceptors (Lipinski definition) is 5. The van der Waals surface area contributed by atoms with Crippen molar-refractivity contribution in [1.82, 2.24) is 4.90 Å². The number of carbonyl (C=O) groups excluding carboxylic acids is 2. The van der Waals surface area contributed by atoms with E-state index < -0.39 is 17.7 Å². The normalized spacial score (nSPS) is 16.2. The van der Waals surface area contributed by atoms with Crippen LogP contribution in [0.25, 0.3) is 0 Å². The maximum Gasteiger partial charge on any atom is 0.290 e. The number of aliphatic hydroxyl groups is 1. The zero-order valence-corrected chi connectivity index (χ0v) is 18.5. The number of Topliss-reactive ketones (excluding diaryl/α,β-unsaturated/α-hetero) is 1. The number of halogens is 1. The molecule has 0 radical (unpaired) electrons. The molecule has 170 valence electrons. The van der Waals surface area contributed by atoms with Gasteiger partial charge in [-0.15, -0.1) is 0 Å². The van der Waals surface area contributed by atoms with Crippen molar-refractivity contribution in [2.24, 2.45) is 5.92 Å². The summed E-state index contributed by atoms with van der Waals surface area (Å²) >= 11 is 0. The van der Waals surface area contributed by atoms with Gasteiger partial charge < -0.3 is 19.5 Å². The summed E-state index contributed by atoms with van der Waals surface area (Å²) in [5.41, 5.74) is 1.65. The van der Waals surface area contributed by atoms with Crippen molar-refractivity contribution < 1.29 is 28.6 Å². The second-order valence-electron chi connectivity index (χ2n) is 8.16. The molecule has 1 aliphatic heterocycles. The molecule has 3 rings (SSSR count). The predicted molar refractivity (Wildman–Crippen MR) is 118 cm³/mol. The Labute approximate surface area is 187 Å². The quantitative estimate of drug-likeness (QED) is 0.593. The molecule has 1 amide bonds. The van der Waals surface area contributed by atoms with E-state index in [2.05, 4.69) is 0 Å². The molecule has 32 heavy (non-hydrogen) atoms. The number of ether oxygens (including phenoxy) is 2. The van der Waals surface area contributed by atoms with Crippen molar-refractivity contribution in [2.75, 3.05) is 20.3 Å². The zero-order chi connectivity index (χ0) is 23.3. The van der Waals surface area contributed by atoms with E-state index in [-0.39, 0.29) is 49.3 Å². The van der Waals surface area contributed by atoms with E-state index in [1.54, 1.807) is 36.4 Å². The molecule has 0 fully saturated rings. The number of ketones is 1. The Morgan fingerprint density at radius 3 is 2.38 bits per heavy atom. The van der Waals surface area contributed by atoms with Crippen LogP contribution in [-0.2, 0) is 20.9 Å². The Kier molecular flexibility index (Phi) is 7.64. The summed E-state index contributed by atoms with van der Waals surface area (Å²) in [5, 5.41) is 10.5. The first-order chi connectivity index (χ1) is 15.3. The highest BCUT2D eigenvalue weighted by Crippen LogP contribution is 2.39. The minimum absolute atomic E-state index is 0.0915. The average molecular weight is 441 g/mol. The van der Waals surface area contributed by atoms with Crippen molar-refractivity contribution in [3.63, 3.8) is 0 Å². The van der Waals surface area contributed by atoms with Gasteiger partial charge in [-0.2, -0.15) is 0 Å². The fraction of sp³-hybridized carbons (Fsp3) is 0.360. The number of methoxy groups -OCH3 is 1. The summed E-state index contributed by atoms with van der Waals surface area (Å²) in [5.74, 6) is -0.930. The van der Waals surface area contributed by atoms with E-state index in [0.29, 0.717) is 11.3 Å². The summed E-state index contributed by atoms with van der Waals surface area (Å²) in [7, 11) is 1.53. The monoisotopic (exact) mass is 441 g/mol. The number of hydrogen-bond donors (Lipinski definition) is 1. The van der Waals surface area contributed by atoms with Gasteiger partial charge >= 0.3 is 0 Å². The topological polar surface area (TPSA) is 76.1 Å². The van der Waals surface area contributed by atoms with Crippen molar-refractivity contribution in [1.29, 1.82) is 0 Å². The smallest absolute Gasteiger partial charge is 0.290 e. The third kappa shape index (κ3) is 5.34. The number of rotatable bonds is 10. The first-order valence-electron chi connectivity index (χ1n) is 10.5. The molecule has 1 N–H and O–H groups in total. The molecule has 6 nitrogen and oxygen atoms in total. The van der Waals surface area contributed by atoms with Crippen molar-refractivity contribution in [3.8, 4) is 5.75 Å². The third-order valence-corrected chi connectivity index (χ3v) is 5.25. The molecule has 1 aliphatic rings. The summed E-state index contributed by atoms with van der Waals surface area (Å²) in [4.78, 5) is 27.0. The first-order valence-corrected chi connectivity index (χ1v) is 10.5. The number of benzene rings is 2. The van der Waals surface area contributed by atoms with Crippen molar-refractivity contribution >= 4 is 11.7 Å². The van der Waals surface area contributed by atoms with Crippen LogP contribution in [0, 0.1) is 11.7 Å². The van der Waals surface area contributed by atoms with E-state index in [4.69, 9.17) is 9.47 Å². The summed E-state index contributed by atoms with van der Waals surface area (Å²) in [6.45, 7) is 4.63. The van der Waals surface area contributed by atoms with Crippen LogP contribution in [0.15, 0.2) is 59.9 Å². The molecule has 0 spiro atoms. The van der Waals surface area contributed by atoms with E-state index >= 15 is 0 Å². The minimum atomic E-state index is -0.685. The van der Waals surface area contributed by atoms with E-state index in [1.807, 2.05) is 13.8 Å². The van der Waals surface area contributed by atoms with Gasteiger partial charge in [-0.1, -0.05) is 38.1 Å². The molecular weight excluding hydrogens is 413 g/mol. The zero-order valence-electron chi connectivity index (χ0n) is 18.5. The number of carbonyl (C=O) groups is 2. The highest BCUT2D eigenvalue weighted by atomic mass is 19.1.